The minimum absolute atomic E-state index is 0.107. The van der Waals surface area contributed by atoms with Crippen LogP contribution in [0.3, 0.4) is 0 Å². The van der Waals surface area contributed by atoms with Crippen LogP contribution in [0.15, 0.2) is 73.1 Å². The second-order valence-corrected chi connectivity index (χ2v) is 4.63. The van der Waals surface area contributed by atoms with Crippen LogP contribution in [0.5, 0.6) is 0 Å². The first kappa shape index (κ1) is 12.4. The Bertz CT molecular complexity index is 702. The zero-order chi connectivity index (χ0) is 13.8. The molecular weight excluding hydrogens is 248 g/mol. The van der Waals surface area contributed by atoms with Crippen LogP contribution in [-0.2, 0) is 6.42 Å². The van der Waals surface area contributed by atoms with Gasteiger partial charge in [-0.1, -0.05) is 48.5 Å². The van der Waals surface area contributed by atoms with E-state index in [1.807, 2.05) is 36.4 Å². The third-order valence-corrected chi connectivity index (χ3v) is 3.12. The average molecular weight is 262 g/mol. The van der Waals surface area contributed by atoms with E-state index < -0.39 is 0 Å². The van der Waals surface area contributed by atoms with Gasteiger partial charge in [0, 0.05) is 18.2 Å². The zero-order valence-corrected chi connectivity index (χ0v) is 10.9. The standard InChI is InChI=1S/C17H14N2O/c20-17(16-9-5-2-6-10-16)19-13-15(12-18-19)11-14-7-3-1-4-8-14/h1-10,12-13H,11H2. The highest BCUT2D eigenvalue weighted by molar-refractivity contribution is 5.95. The fourth-order valence-electron chi connectivity index (χ4n) is 2.11. The summed E-state index contributed by atoms with van der Waals surface area (Å²) in [4.78, 5) is 12.2. The molecule has 0 aliphatic heterocycles. The molecule has 0 N–H and O–H groups in total. The summed E-state index contributed by atoms with van der Waals surface area (Å²) in [5.41, 5.74) is 2.88. The summed E-state index contributed by atoms with van der Waals surface area (Å²) in [6, 6.07) is 19.3. The Balaban J connectivity index is 1.79. The quantitative estimate of drug-likeness (QED) is 0.726. The van der Waals surface area contributed by atoms with Gasteiger partial charge in [-0.3, -0.25) is 4.79 Å². The summed E-state index contributed by atoms with van der Waals surface area (Å²) in [6.07, 6.45) is 4.32. The first-order valence-electron chi connectivity index (χ1n) is 6.50. The third kappa shape index (κ3) is 2.67. The summed E-state index contributed by atoms with van der Waals surface area (Å²) in [6.45, 7) is 0. The third-order valence-electron chi connectivity index (χ3n) is 3.12. The maximum atomic E-state index is 12.2. The van der Waals surface area contributed by atoms with Crippen molar-refractivity contribution in [2.24, 2.45) is 0 Å². The summed E-state index contributed by atoms with van der Waals surface area (Å²) >= 11 is 0. The van der Waals surface area contributed by atoms with Crippen LogP contribution < -0.4 is 0 Å². The molecule has 3 heteroatoms. The van der Waals surface area contributed by atoms with E-state index in [1.165, 1.54) is 10.2 Å². The van der Waals surface area contributed by atoms with Gasteiger partial charge in [0.25, 0.3) is 5.91 Å². The summed E-state index contributed by atoms with van der Waals surface area (Å²) < 4.78 is 1.40. The molecule has 0 atom stereocenters. The van der Waals surface area contributed by atoms with Gasteiger partial charge in [-0.2, -0.15) is 5.10 Å². The molecule has 0 aliphatic carbocycles. The van der Waals surface area contributed by atoms with Gasteiger partial charge >= 0.3 is 0 Å². The molecule has 2 aromatic carbocycles. The highest BCUT2D eigenvalue weighted by Gasteiger charge is 2.09. The van der Waals surface area contributed by atoms with Crippen LogP contribution in [0.1, 0.15) is 21.5 Å². The number of aromatic nitrogens is 2. The number of benzene rings is 2. The molecule has 1 aromatic heterocycles. The van der Waals surface area contributed by atoms with Gasteiger partial charge < -0.3 is 0 Å². The Morgan fingerprint density at radius 2 is 1.55 bits per heavy atom. The van der Waals surface area contributed by atoms with E-state index in [1.54, 1.807) is 24.5 Å². The maximum absolute atomic E-state index is 12.2. The predicted molar refractivity (Wildman–Crippen MR) is 77.6 cm³/mol. The fourth-order valence-corrected chi connectivity index (χ4v) is 2.11. The van der Waals surface area contributed by atoms with E-state index in [4.69, 9.17) is 0 Å². The van der Waals surface area contributed by atoms with Crippen molar-refractivity contribution < 1.29 is 4.79 Å². The lowest BCUT2D eigenvalue weighted by Gasteiger charge is -1.99. The van der Waals surface area contributed by atoms with E-state index in [2.05, 4.69) is 17.2 Å². The van der Waals surface area contributed by atoms with Gasteiger partial charge in [0.2, 0.25) is 0 Å². The van der Waals surface area contributed by atoms with Crippen molar-refractivity contribution in [3.8, 4) is 0 Å². The van der Waals surface area contributed by atoms with Crippen molar-refractivity contribution in [1.29, 1.82) is 0 Å². The molecule has 3 aromatic rings. The Labute approximate surface area is 117 Å². The van der Waals surface area contributed by atoms with Crippen molar-refractivity contribution >= 4 is 5.91 Å². The van der Waals surface area contributed by atoms with Gasteiger partial charge in [0.15, 0.2) is 0 Å². The predicted octanol–water partition coefficient (Wildman–Crippen LogP) is 3.16. The highest BCUT2D eigenvalue weighted by Crippen LogP contribution is 2.09. The topological polar surface area (TPSA) is 34.9 Å². The highest BCUT2D eigenvalue weighted by atomic mass is 16.2. The van der Waals surface area contributed by atoms with Gasteiger partial charge in [0.05, 0.1) is 6.20 Å². The molecule has 0 saturated carbocycles. The number of hydrogen-bond donors (Lipinski definition) is 0. The zero-order valence-electron chi connectivity index (χ0n) is 10.9. The SMILES string of the molecule is O=C(c1ccccc1)n1cc(Cc2ccccc2)cn1. The van der Waals surface area contributed by atoms with Crippen LogP contribution in [0.2, 0.25) is 0 Å². The smallest absolute Gasteiger partial charge is 0.267 e. The van der Waals surface area contributed by atoms with Gasteiger partial charge in [-0.05, 0) is 23.3 Å². The fraction of sp³-hybridized carbons (Fsp3) is 0.0588. The molecule has 0 fully saturated rings. The second kappa shape index (κ2) is 5.53. The van der Waals surface area contributed by atoms with E-state index in [0.717, 1.165) is 12.0 Å². The number of carbonyl (C=O) groups is 1. The van der Waals surface area contributed by atoms with Gasteiger partial charge in [0.1, 0.15) is 0 Å². The first-order chi connectivity index (χ1) is 9.83. The first-order valence-corrected chi connectivity index (χ1v) is 6.50. The normalized spacial score (nSPS) is 10.4. The largest absolute Gasteiger partial charge is 0.278 e. The van der Waals surface area contributed by atoms with E-state index in [-0.39, 0.29) is 5.91 Å². The minimum Gasteiger partial charge on any atom is -0.267 e. The van der Waals surface area contributed by atoms with Crippen LogP contribution in [-0.4, -0.2) is 15.7 Å². The molecule has 0 radical (unpaired) electrons. The average Bonchev–Trinajstić information content (AvgIpc) is 2.97. The van der Waals surface area contributed by atoms with E-state index in [9.17, 15) is 4.79 Å². The lowest BCUT2D eigenvalue weighted by Crippen LogP contribution is -2.12. The molecule has 0 bridgehead atoms. The Kier molecular flexibility index (Phi) is 3.42. The monoisotopic (exact) mass is 262 g/mol. The molecule has 0 amide bonds. The van der Waals surface area contributed by atoms with Crippen molar-refractivity contribution in [3.05, 3.63) is 89.7 Å². The molecule has 0 saturated heterocycles. The molecule has 0 aliphatic rings. The van der Waals surface area contributed by atoms with Crippen molar-refractivity contribution in [2.45, 2.75) is 6.42 Å². The molecule has 20 heavy (non-hydrogen) atoms. The molecular formula is C17H14N2O. The lowest BCUT2D eigenvalue weighted by molar-refractivity contribution is 0.0945. The molecule has 3 nitrogen and oxygen atoms in total. The summed E-state index contributed by atoms with van der Waals surface area (Å²) in [5.74, 6) is -0.107. The van der Waals surface area contributed by atoms with Crippen molar-refractivity contribution in [1.82, 2.24) is 9.78 Å². The second-order valence-electron chi connectivity index (χ2n) is 4.63. The minimum atomic E-state index is -0.107. The maximum Gasteiger partial charge on any atom is 0.278 e. The number of hydrogen-bond acceptors (Lipinski definition) is 2. The van der Waals surface area contributed by atoms with E-state index in [0.29, 0.717) is 5.56 Å². The molecule has 0 unspecified atom stereocenters. The molecule has 3 rings (SSSR count). The van der Waals surface area contributed by atoms with Crippen molar-refractivity contribution in [3.63, 3.8) is 0 Å². The summed E-state index contributed by atoms with van der Waals surface area (Å²) in [5, 5.41) is 4.16. The Hall–Kier alpha value is -2.68. The van der Waals surface area contributed by atoms with Gasteiger partial charge in [-0.15, -0.1) is 0 Å². The van der Waals surface area contributed by atoms with Gasteiger partial charge in [-0.25, -0.2) is 4.68 Å². The lowest BCUT2D eigenvalue weighted by atomic mass is 10.1. The van der Waals surface area contributed by atoms with Crippen LogP contribution >= 0.6 is 0 Å². The van der Waals surface area contributed by atoms with Crippen LogP contribution in [0, 0.1) is 0 Å². The van der Waals surface area contributed by atoms with Crippen LogP contribution in [0.25, 0.3) is 0 Å². The number of nitrogens with zero attached hydrogens (tertiary/aromatic N) is 2. The number of rotatable bonds is 3. The van der Waals surface area contributed by atoms with E-state index >= 15 is 0 Å². The Morgan fingerprint density at radius 1 is 0.900 bits per heavy atom. The number of carbonyl (C=O) groups excluding carboxylic acids is 1. The Morgan fingerprint density at radius 3 is 2.25 bits per heavy atom. The molecule has 98 valence electrons. The summed E-state index contributed by atoms with van der Waals surface area (Å²) in [7, 11) is 0. The molecule has 0 spiro atoms. The van der Waals surface area contributed by atoms with Crippen LogP contribution in [0.4, 0.5) is 0 Å². The van der Waals surface area contributed by atoms with Crippen molar-refractivity contribution in [2.75, 3.05) is 0 Å². The molecule has 1 heterocycles.